The summed E-state index contributed by atoms with van der Waals surface area (Å²) < 4.78 is 43.0. The first-order valence-corrected chi connectivity index (χ1v) is 9.94. The van der Waals surface area contributed by atoms with Gasteiger partial charge in [-0.2, -0.15) is 14.0 Å². The van der Waals surface area contributed by atoms with Gasteiger partial charge in [0, 0.05) is 44.0 Å². The van der Waals surface area contributed by atoms with Gasteiger partial charge < -0.3 is 20.3 Å². The minimum atomic E-state index is -2.84. The molecule has 6 nitrogen and oxygen atoms in total. The number of hydrogen-bond donors (Lipinski definition) is 2. The largest absolute Gasteiger partial charge is 0.435 e. The van der Waals surface area contributed by atoms with Crippen LogP contribution in [0, 0.1) is 17.1 Å². The van der Waals surface area contributed by atoms with Gasteiger partial charge in [-0.25, -0.2) is 4.39 Å². The molecule has 1 heterocycles. The second-order valence-corrected chi connectivity index (χ2v) is 7.15. The first kappa shape index (κ1) is 22.3. The summed E-state index contributed by atoms with van der Waals surface area (Å²) in [6, 6.07) is 12.9. The van der Waals surface area contributed by atoms with Crippen LogP contribution in [0.25, 0.3) is 0 Å². The summed E-state index contributed by atoms with van der Waals surface area (Å²) in [6.45, 7) is -1.09. The van der Waals surface area contributed by atoms with Crippen LogP contribution in [0.15, 0.2) is 47.5 Å². The number of halogens is 3. The Kier molecular flexibility index (Phi) is 7.60. The molecule has 0 spiro atoms. The molecule has 9 heteroatoms. The third kappa shape index (κ3) is 6.28. The van der Waals surface area contributed by atoms with Crippen molar-refractivity contribution in [1.29, 1.82) is 5.26 Å². The first-order valence-electron chi connectivity index (χ1n) is 9.94. The van der Waals surface area contributed by atoms with Crippen molar-refractivity contribution in [1.82, 2.24) is 10.6 Å². The van der Waals surface area contributed by atoms with E-state index in [1.807, 2.05) is 6.07 Å². The molecule has 1 unspecified atom stereocenters. The number of benzene rings is 2. The number of alkyl halides is 2. The van der Waals surface area contributed by atoms with Gasteiger partial charge in [-0.05, 0) is 55.3 Å². The molecule has 2 N–H and O–H groups in total. The molecule has 3 rings (SSSR count). The molecule has 0 bridgehead atoms. The van der Waals surface area contributed by atoms with E-state index in [1.54, 1.807) is 19.2 Å². The van der Waals surface area contributed by atoms with Crippen molar-refractivity contribution in [2.24, 2.45) is 4.99 Å². The molecule has 1 fully saturated rings. The molecule has 31 heavy (non-hydrogen) atoms. The summed E-state index contributed by atoms with van der Waals surface area (Å²) in [6.07, 6.45) is 1.88. The normalized spacial score (nSPS) is 16.7. The highest BCUT2D eigenvalue weighted by molar-refractivity contribution is 5.80. The number of nitrogens with zero attached hydrogens (tertiary/aromatic N) is 3. The van der Waals surface area contributed by atoms with Gasteiger partial charge in [0.25, 0.3) is 0 Å². The average Bonchev–Trinajstić information content (AvgIpc) is 2.78. The van der Waals surface area contributed by atoms with Gasteiger partial charge in [0.15, 0.2) is 5.96 Å². The molecule has 2 aromatic rings. The van der Waals surface area contributed by atoms with E-state index in [0.29, 0.717) is 23.6 Å². The first-order chi connectivity index (χ1) is 15.0. The molecule has 0 aliphatic carbocycles. The van der Waals surface area contributed by atoms with Crippen LogP contribution < -0.4 is 20.3 Å². The second kappa shape index (κ2) is 10.6. The molecule has 0 radical (unpaired) electrons. The van der Waals surface area contributed by atoms with E-state index in [1.165, 1.54) is 30.3 Å². The fourth-order valence-electron chi connectivity index (χ4n) is 3.51. The van der Waals surface area contributed by atoms with Gasteiger partial charge in [0.05, 0.1) is 11.6 Å². The maximum absolute atomic E-state index is 14.0. The summed E-state index contributed by atoms with van der Waals surface area (Å²) in [7, 11) is 1.64. The minimum Gasteiger partial charge on any atom is -0.435 e. The third-order valence-electron chi connectivity index (χ3n) is 5.03. The summed E-state index contributed by atoms with van der Waals surface area (Å²) in [4.78, 5) is 6.37. The van der Waals surface area contributed by atoms with E-state index in [0.717, 1.165) is 25.1 Å². The lowest BCUT2D eigenvalue weighted by atomic mass is 10.0. The van der Waals surface area contributed by atoms with Gasteiger partial charge in [-0.15, -0.1) is 0 Å². The lowest BCUT2D eigenvalue weighted by molar-refractivity contribution is -0.0498. The van der Waals surface area contributed by atoms with Crippen molar-refractivity contribution >= 4 is 11.6 Å². The van der Waals surface area contributed by atoms with Crippen LogP contribution in [-0.4, -0.2) is 38.8 Å². The van der Waals surface area contributed by atoms with Crippen LogP contribution in [0.4, 0.5) is 18.9 Å². The molecule has 164 valence electrons. The van der Waals surface area contributed by atoms with Gasteiger partial charge in [-0.3, -0.25) is 4.99 Å². The van der Waals surface area contributed by atoms with Crippen molar-refractivity contribution in [3.05, 3.63) is 59.4 Å². The van der Waals surface area contributed by atoms with E-state index in [9.17, 15) is 13.2 Å². The summed E-state index contributed by atoms with van der Waals surface area (Å²) in [5.74, 6) is 0.280. The average molecular weight is 431 g/mol. The lowest BCUT2D eigenvalue weighted by Crippen LogP contribution is -2.51. The summed E-state index contributed by atoms with van der Waals surface area (Å²) >= 11 is 0. The Labute approximate surface area is 179 Å². The number of hydrogen-bond acceptors (Lipinski definition) is 4. The molecule has 0 aromatic heterocycles. The van der Waals surface area contributed by atoms with E-state index in [2.05, 4.69) is 25.3 Å². The van der Waals surface area contributed by atoms with Gasteiger partial charge >= 0.3 is 6.61 Å². The fraction of sp³-hybridized carbons (Fsp3) is 0.364. The van der Waals surface area contributed by atoms with Crippen LogP contribution in [0.5, 0.6) is 5.75 Å². The summed E-state index contributed by atoms with van der Waals surface area (Å²) in [5, 5.41) is 15.4. The van der Waals surface area contributed by atoms with Crippen molar-refractivity contribution < 1.29 is 17.9 Å². The fourth-order valence-corrected chi connectivity index (χ4v) is 3.51. The van der Waals surface area contributed by atoms with E-state index in [-0.39, 0.29) is 24.2 Å². The number of aliphatic imine (C=N–C) groups is 1. The molecule has 1 aliphatic rings. The summed E-state index contributed by atoms with van der Waals surface area (Å²) in [5.41, 5.74) is 1.71. The van der Waals surface area contributed by atoms with Crippen LogP contribution in [-0.2, 0) is 6.54 Å². The highest BCUT2D eigenvalue weighted by Gasteiger charge is 2.21. The molecular weight excluding hydrogens is 407 g/mol. The standard InChI is InChI=1S/C22H24F3N5O/c1-27-22(28-13-16-11-15(12-26)4-9-20(16)23)29-17-3-2-10-30(14-17)18-5-7-19(8-6-18)31-21(24)25/h4-9,11,17,21H,2-3,10,13-14H2,1H3,(H2,27,28,29). The highest BCUT2D eigenvalue weighted by Crippen LogP contribution is 2.24. The highest BCUT2D eigenvalue weighted by atomic mass is 19.3. The predicted molar refractivity (Wildman–Crippen MR) is 113 cm³/mol. The van der Waals surface area contributed by atoms with Crippen molar-refractivity contribution in [3.8, 4) is 11.8 Å². The van der Waals surface area contributed by atoms with Crippen molar-refractivity contribution in [2.45, 2.75) is 32.0 Å². The van der Waals surface area contributed by atoms with Crippen molar-refractivity contribution in [2.75, 3.05) is 25.0 Å². The molecule has 1 aliphatic heterocycles. The Morgan fingerprint density at radius 2 is 2.06 bits per heavy atom. The molecule has 2 aromatic carbocycles. The maximum atomic E-state index is 14.0. The zero-order valence-electron chi connectivity index (χ0n) is 17.1. The predicted octanol–water partition coefficient (Wildman–Crippen LogP) is 3.63. The Balaban J connectivity index is 1.57. The van der Waals surface area contributed by atoms with E-state index >= 15 is 0 Å². The van der Waals surface area contributed by atoms with Gasteiger partial charge in [0.1, 0.15) is 11.6 Å². The van der Waals surface area contributed by atoms with Gasteiger partial charge in [-0.1, -0.05) is 0 Å². The molecule has 0 saturated carbocycles. The topological polar surface area (TPSA) is 72.7 Å². The third-order valence-corrected chi connectivity index (χ3v) is 5.03. The number of nitriles is 1. The quantitative estimate of drug-likeness (QED) is 0.540. The molecule has 1 atom stereocenters. The Hall–Kier alpha value is -3.41. The van der Waals surface area contributed by atoms with Gasteiger partial charge in [0.2, 0.25) is 0 Å². The van der Waals surface area contributed by atoms with Crippen molar-refractivity contribution in [3.63, 3.8) is 0 Å². The van der Waals surface area contributed by atoms with Crippen LogP contribution in [0.3, 0.4) is 0 Å². The SMILES string of the molecule is CN=C(NCc1cc(C#N)ccc1F)NC1CCCN(c2ccc(OC(F)F)cc2)C1. The Bertz CT molecular complexity index is 943. The number of piperidine rings is 1. The van der Waals surface area contributed by atoms with E-state index in [4.69, 9.17) is 5.26 Å². The number of rotatable bonds is 6. The zero-order valence-corrected chi connectivity index (χ0v) is 17.1. The maximum Gasteiger partial charge on any atom is 0.387 e. The number of guanidine groups is 1. The second-order valence-electron chi connectivity index (χ2n) is 7.15. The van der Waals surface area contributed by atoms with Crippen LogP contribution in [0.2, 0.25) is 0 Å². The number of nitrogens with one attached hydrogen (secondary N) is 2. The number of anilines is 1. The number of ether oxygens (including phenoxy) is 1. The smallest absolute Gasteiger partial charge is 0.387 e. The van der Waals surface area contributed by atoms with Crippen LogP contribution in [0.1, 0.15) is 24.0 Å². The molecular formula is C22H24F3N5O. The monoisotopic (exact) mass is 431 g/mol. The molecule has 0 amide bonds. The minimum absolute atomic E-state index is 0.104. The van der Waals surface area contributed by atoms with Crippen LogP contribution >= 0.6 is 0 Å². The van der Waals surface area contributed by atoms with E-state index < -0.39 is 6.61 Å². The Morgan fingerprint density at radius 3 is 2.74 bits per heavy atom. The Morgan fingerprint density at radius 1 is 1.29 bits per heavy atom. The zero-order chi connectivity index (χ0) is 22.2. The lowest BCUT2D eigenvalue weighted by Gasteiger charge is -2.35. The molecule has 1 saturated heterocycles.